The number of ether oxygens (including phenoxy) is 1. The standard InChI is InChI=1S/C28H21ClN2O5S/c1-3-15-4-13-20-21(14-15)37-28(30-20)31-23(16-5-7-18(8-6-16)27(35)36-2)22(25(33)26(31)34)24(32)17-9-11-19(29)12-10-17/h4-14,23,32H,3H2,1-2H3/b24-22+. The normalized spacial score (nSPS) is 16.9. The van der Waals surface area contributed by atoms with Crippen molar-refractivity contribution in [1.29, 1.82) is 0 Å². The lowest BCUT2D eigenvalue weighted by molar-refractivity contribution is -0.132. The Morgan fingerprint density at radius 3 is 2.38 bits per heavy atom. The van der Waals surface area contributed by atoms with Crippen molar-refractivity contribution in [1.82, 2.24) is 4.98 Å². The topological polar surface area (TPSA) is 96.8 Å². The van der Waals surface area contributed by atoms with Crippen LogP contribution in [0.15, 0.2) is 72.3 Å². The summed E-state index contributed by atoms with van der Waals surface area (Å²) in [6, 6.07) is 17.6. The van der Waals surface area contributed by atoms with Crippen molar-refractivity contribution in [2.75, 3.05) is 12.0 Å². The van der Waals surface area contributed by atoms with E-state index in [4.69, 9.17) is 16.3 Å². The van der Waals surface area contributed by atoms with Gasteiger partial charge in [0.05, 0.1) is 34.5 Å². The van der Waals surface area contributed by atoms with Gasteiger partial charge in [-0.25, -0.2) is 9.78 Å². The van der Waals surface area contributed by atoms with Gasteiger partial charge in [0, 0.05) is 10.6 Å². The molecule has 1 atom stereocenters. The van der Waals surface area contributed by atoms with Crippen molar-refractivity contribution >= 4 is 61.7 Å². The SMILES string of the molecule is CCc1ccc2nc(N3C(=O)C(=O)/C(=C(/O)c4ccc(Cl)cc4)C3c3ccc(C(=O)OC)cc3)sc2c1. The van der Waals surface area contributed by atoms with Crippen LogP contribution in [0.4, 0.5) is 5.13 Å². The zero-order valence-electron chi connectivity index (χ0n) is 19.9. The quantitative estimate of drug-likeness (QED) is 0.148. The van der Waals surface area contributed by atoms with Gasteiger partial charge < -0.3 is 9.84 Å². The van der Waals surface area contributed by atoms with E-state index < -0.39 is 23.7 Å². The van der Waals surface area contributed by atoms with Gasteiger partial charge in [0.15, 0.2) is 5.13 Å². The summed E-state index contributed by atoms with van der Waals surface area (Å²) in [6.45, 7) is 2.05. The van der Waals surface area contributed by atoms with Gasteiger partial charge in [-0.05, 0) is 66.1 Å². The summed E-state index contributed by atoms with van der Waals surface area (Å²) in [6.07, 6.45) is 0.849. The lowest BCUT2D eigenvalue weighted by atomic mass is 9.95. The van der Waals surface area contributed by atoms with E-state index in [2.05, 4.69) is 11.9 Å². The maximum atomic E-state index is 13.4. The fourth-order valence-corrected chi connectivity index (χ4v) is 5.49. The number of carbonyl (C=O) groups excluding carboxylic acids is 3. The summed E-state index contributed by atoms with van der Waals surface area (Å²) in [4.78, 5) is 44.7. The molecule has 3 aromatic carbocycles. The van der Waals surface area contributed by atoms with Crippen molar-refractivity contribution in [3.05, 3.63) is 99.6 Å². The number of halogens is 1. The molecule has 9 heteroatoms. The number of aromatic nitrogens is 1. The number of Topliss-reactive ketones (excluding diaryl/α,β-unsaturated/α-hetero) is 1. The molecule has 37 heavy (non-hydrogen) atoms. The van der Waals surface area contributed by atoms with Gasteiger partial charge >= 0.3 is 11.9 Å². The van der Waals surface area contributed by atoms with Gasteiger partial charge in [-0.15, -0.1) is 0 Å². The van der Waals surface area contributed by atoms with E-state index in [0.717, 1.165) is 16.7 Å². The predicted molar refractivity (Wildman–Crippen MR) is 143 cm³/mol. The maximum Gasteiger partial charge on any atom is 0.337 e. The Kier molecular flexibility index (Phi) is 6.54. The number of ketones is 1. The summed E-state index contributed by atoms with van der Waals surface area (Å²) < 4.78 is 5.66. The lowest BCUT2D eigenvalue weighted by Crippen LogP contribution is -2.29. The number of amides is 1. The number of nitrogens with zero attached hydrogens (tertiary/aromatic N) is 2. The number of benzene rings is 3. The van der Waals surface area contributed by atoms with Crippen LogP contribution >= 0.6 is 22.9 Å². The summed E-state index contributed by atoms with van der Waals surface area (Å²) in [5.74, 6) is -2.47. The minimum Gasteiger partial charge on any atom is -0.507 e. The highest BCUT2D eigenvalue weighted by Crippen LogP contribution is 2.44. The molecule has 0 saturated carbocycles. The number of esters is 1. The molecule has 1 unspecified atom stereocenters. The molecule has 0 spiro atoms. The number of methoxy groups -OCH3 is 1. The smallest absolute Gasteiger partial charge is 0.337 e. The van der Waals surface area contributed by atoms with Crippen molar-refractivity contribution < 1.29 is 24.2 Å². The van der Waals surface area contributed by atoms with Gasteiger partial charge in [-0.1, -0.05) is 48.1 Å². The van der Waals surface area contributed by atoms with E-state index in [1.807, 2.05) is 18.2 Å². The third kappa shape index (κ3) is 4.39. The van der Waals surface area contributed by atoms with Gasteiger partial charge in [-0.2, -0.15) is 0 Å². The van der Waals surface area contributed by atoms with Crippen molar-refractivity contribution in [3.8, 4) is 0 Å². The molecule has 186 valence electrons. The van der Waals surface area contributed by atoms with Crippen LogP contribution in [0.25, 0.3) is 16.0 Å². The third-order valence-corrected chi connectivity index (χ3v) is 7.53. The van der Waals surface area contributed by atoms with E-state index in [1.165, 1.54) is 23.3 Å². The van der Waals surface area contributed by atoms with Crippen molar-refractivity contribution in [2.24, 2.45) is 0 Å². The summed E-state index contributed by atoms with van der Waals surface area (Å²) >= 11 is 7.29. The Morgan fingerprint density at radius 2 is 1.73 bits per heavy atom. The molecule has 1 N–H and O–H groups in total. The molecule has 7 nitrogen and oxygen atoms in total. The van der Waals surface area contributed by atoms with Crippen LogP contribution in [0, 0.1) is 0 Å². The van der Waals surface area contributed by atoms with E-state index in [0.29, 0.717) is 32.4 Å². The number of carbonyl (C=O) groups is 3. The van der Waals surface area contributed by atoms with E-state index >= 15 is 0 Å². The van der Waals surface area contributed by atoms with E-state index in [1.54, 1.807) is 48.5 Å². The Bertz CT molecular complexity index is 1570. The monoisotopic (exact) mass is 532 g/mol. The average molecular weight is 533 g/mol. The second-order valence-corrected chi connectivity index (χ2v) is 9.89. The van der Waals surface area contributed by atoms with Crippen LogP contribution in [0.2, 0.25) is 5.02 Å². The van der Waals surface area contributed by atoms with Gasteiger partial charge in [-0.3, -0.25) is 14.5 Å². The summed E-state index contributed by atoms with van der Waals surface area (Å²) in [7, 11) is 1.29. The van der Waals surface area contributed by atoms with Crippen LogP contribution in [0.1, 0.15) is 40.0 Å². The maximum absolute atomic E-state index is 13.4. The third-order valence-electron chi connectivity index (χ3n) is 6.27. The Labute approximate surface area is 221 Å². The molecule has 1 amide bonds. The zero-order valence-corrected chi connectivity index (χ0v) is 21.5. The van der Waals surface area contributed by atoms with Crippen LogP contribution in [-0.2, 0) is 20.7 Å². The van der Waals surface area contributed by atoms with Gasteiger partial charge in [0.25, 0.3) is 5.78 Å². The number of aryl methyl sites for hydroxylation is 1. The first-order valence-corrected chi connectivity index (χ1v) is 12.7. The Morgan fingerprint density at radius 1 is 1.05 bits per heavy atom. The Hall–Kier alpha value is -4.01. The highest BCUT2D eigenvalue weighted by Gasteiger charge is 2.48. The second kappa shape index (κ2) is 9.80. The molecule has 5 rings (SSSR count). The number of aliphatic hydroxyl groups excluding tert-OH is 1. The largest absolute Gasteiger partial charge is 0.507 e. The first-order valence-electron chi connectivity index (χ1n) is 11.5. The molecule has 0 aliphatic carbocycles. The number of hydrogen-bond donors (Lipinski definition) is 1. The summed E-state index contributed by atoms with van der Waals surface area (Å²) in [5.41, 5.74) is 2.94. The molecule has 1 aromatic heterocycles. The van der Waals surface area contributed by atoms with Crippen LogP contribution in [0.5, 0.6) is 0 Å². The fraction of sp³-hybridized carbons (Fsp3) is 0.143. The lowest BCUT2D eigenvalue weighted by Gasteiger charge is -2.23. The molecule has 4 aromatic rings. The molecule has 2 heterocycles. The van der Waals surface area contributed by atoms with Crippen LogP contribution < -0.4 is 4.90 Å². The summed E-state index contributed by atoms with van der Waals surface area (Å²) in [5, 5.41) is 12.0. The number of anilines is 1. The number of rotatable bonds is 5. The van der Waals surface area contributed by atoms with Crippen LogP contribution in [0.3, 0.4) is 0 Å². The molecular weight excluding hydrogens is 512 g/mol. The van der Waals surface area contributed by atoms with E-state index in [-0.39, 0.29) is 11.3 Å². The zero-order chi connectivity index (χ0) is 26.3. The van der Waals surface area contributed by atoms with Crippen molar-refractivity contribution in [2.45, 2.75) is 19.4 Å². The molecule has 1 aliphatic heterocycles. The molecule has 1 fully saturated rings. The molecule has 1 saturated heterocycles. The predicted octanol–water partition coefficient (Wildman–Crippen LogP) is 5.93. The first-order chi connectivity index (χ1) is 17.8. The van der Waals surface area contributed by atoms with E-state index in [9.17, 15) is 19.5 Å². The molecular formula is C28H21ClN2O5S. The second-order valence-electron chi connectivity index (χ2n) is 8.44. The first kappa shape index (κ1) is 24.7. The highest BCUT2D eigenvalue weighted by atomic mass is 35.5. The number of aliphatic hydroxyl groups is 1. The Balaban J connectivity index is 1.70. The molecule has 0 bridgehead atoms. The number of hydrogen-bond acceptors (Lipinski definition) is 7. The van der Waals surface area contributed by atoms with Gasteiger partial charge in [0.2, 0.25) is 0 Å². The van der Waals surface area contributed by atoms with Gasteiger partial charge in [0.1, 0.15) is 5.76 Å². The average Bonchev–Trinajstić information content (AvgIpc) is 3.45. The van der Waals surface area contributed by atoms with Crippen LogP contribution in [-0.4, -0.2) is 34.9 Å². The molecule has 0 radical (unpaired) electrons. The fourth-order valence-electron chi connectivity index (χ4n) is 4.31. The van der Waals surface area contributed by atoms with Crippen molar-refractivity contribution in [3.63, 3.8) is 0 Å². The minimum atomic E-state index is -0.964. The highest BCUT2D eigenvalue weighted by molar-refractivity contribution is 7.22. The molecule has 1 aliphatic rings. The minimum absolute atomic E-state index is 0.0772. The number of fused-ring (bicyclic) bond motifs is 1. The number of thiazole rings is 1.